The molecule has 1 saturated heterocycles. The van der Waals surface area contributed by atoms with Gasteiger partial charge in [-0.05, 0) is 30.6 Å². The Morgan fingerprint density at radius 1 is 1.11 bits per heavy atom. The molecule has 0 N–H and O–H groups in total. The van der Waals surface area contributed by atoms with E-state index in [-0.39, 0.29) is 30.3 Å². The minimum atomic E-state index is -0.877. The zero-order chi connectivity index (χ0) is 19.6. The van der Waals surface area contributed by atoms with Crippen LogP contribution in [0.4, 0.5) is 9.18 Å². The van der Waals surface area contributed by atoms with E-state index in [1.54, 1.807) is 18.0 Å². The van der Waals surface area contributed by atoms with E-state index in [1.165, 1.54) is 23.5 Å². The molecule has 0 atom stereocenters. The molecule has 1 aliphatic rings. The van der Waals surface area contributed by atoms with Crippen molar-refractivity contribution in [2.75, 3.05) is 20.3 Å². The lowest BCUT2D eigenvalue weighted by Gasteiger charge is -2.23. The molecule has 27 heavy (non-hydrogen) atoms. The summed E-state index contributed by atoms with van der Waals surface area (Å²) in [5.41, 5.74) is 0.265. The lowest BCUT2D eigenvalue weighted by molar-refractivity contribution is -0.143. The Hall–Kier alpha value is -2.29. The second-order valence-electron chi connectivity index (χ2n) is 6.16. The number of amides is 4. The first-order valence-electron chi connectivity index (χ1n) is 8.19. The topological polar surface area (TPSA) is 60.9 Å². The first-order chi connectivity index (χ1) is 12.9. The van der Waals surface area contributed by atoms with Gasteiger partial charge in [0.2, 0.25) is 0 Å². The van der Waals surface area contributed by atoms with E-state index in [9.17, 15) is 18.8 Å². The fourth-order valence-electron chi connectivity index (χ4n) is 2.79. The number of thiophene rings is 1. The number of benzene rings is 1. The molecule has 0 saturated carbocycles. The number of carbonyl (C=O) groups excluding carboxylic acids is 3. The number of nitrogens with zero attached hydrogens (tertiary/aromatic N) is 3. The van der Waals surface area contributed by atoms with Gasteiger partial charge in [0.1, 0.15) is 5.82 Å². The van der Waals surface area contributed by atoms with Gasteiger partial charge >= 0.3 is 17.8 Å². The van der Waals surface area contributed by atoms with Crippen molar-refractivity contribution in [2.24, 2.45) is 0 Å². The molecule has 2 heterocycles. The number of hydrogen-bond donors (Lipinski definition) is 0. The Bertz CT molecular complexity index is 854. The fraction of sp³-hybridized carbons (Fsp3) is 0.278. The number of urea groups is 1. The average molecular weight is 410 g/mol. The molecule has 1 aromatic carbocycles. The molecular formula is C18H17ClFN3O3S. The highest BCUT2D eigenvalue weighted by molar-refractivity contribution is 7.09. The summed E-state index contributed by atoms with van der Waals surface area (Å²) >= 11 is 7.53. The molecule has 1 aliphatic heterocycles. The van der Waals surface area contributed by atoms with E-state index >= 15 is 0 Å². The minimum Gasteiger partial charge on any atom is -0.284 e. The van der Waals surface area contributed by atoms with Crippen molar-refractivity contribution in [2.45, 2.75) is 13.0 Å². The molecule has 6 nitrogen and oxygen atoms in total. The van der Waals surface area contributed by atoms with Gasteiger partial charge in [-0.1, -0.05) is 23.7 Å². The van der Waals surface area contributed by atoms with Crippen LogP contribution in [0.3, 0.4) is 0 Å². The molecule has 1 fully saturated rings. The van der Waals surface area contributed by atoms with Crippen LogP contribution in [0.1, 0.15) is 10.4 Å². The number of imide groups is 2. The molecule has 0 radical (unpaired) electrons. The largest absolute Gasteiger partial charge is 0.335 e. The van der Waals surface area contributed by atoms with Gasteiger partial charge in [-0.3, -0.25) is 19.4 Å². The van der Waals surface area contributed by atoms with Gasteiger partial charge in [-0.2, -0.15) is 0 Å². The summed E-state index contributed by atoms with van der Waals surface area (Å²) in [6.45, 7) is 0.0960. The summed E-state index contributed by atoms with van der Waals surface area (Å²) < 4.78 is 13.9. The summed E-state index contributed by atoms with van der Waals surface area (Å²) in [6, 6.07) is 7.48. The molecular weight excluding hydrogens is 393 g/mol. The lowest BCUT2D eigenvalue weighted by Crippen LogP contribution is -2.41. The first-order valence-corrected chi connectivity index (χ1v) is 9.45. The smallest absolute Gasteiger partial charge is 0.284 e. The first kappa shape index (κ1) is 19.5. The molecule has 142 valence electrons. The molecule has 0 bridgehead atoms. The van der Waals surface area contributed by atoms with Gasteiger partial charge in [0.25, 0.3) is 0 Å². The van der Waals surface area contributed by atoms with Crippen molar-refractivity contribution in [1.82, 2.24) is 14.7 Å². The summed E-state index contributed by atoms with van der Waals surface area (Å²) in [5.74, 6) is -2.19. The third-order valence-corrected chi connectivity index (χ3v) is 5.46. The van der Waals surface area contributed by atoms with Crippen LogP contribution < -0.4 is 0 Å². The number of hydrogen-bond acceptors (Lipinski definition) is 5. The van der Waals surface area contributed by atoms with Crippen molar-refractivity contribution >= 4 is 40.8 Å². The van der Waals surface area contributed by atoms with Gasteiger partial charge in [-0.25, -0.2) is 14.1 Å². The number of halogens is 2. The molecule has 0 spiro atoms. The minimum absolute atomic E-state index is 0.0892. The highest BCUT2D eigenvalue weighted by Gasteiger charge is 2.44. The third-order valence-electron chi connectivity index (χ3n) is 4.17. The van der Waals surface area contributed by atoms with Gasteiger partial charge in [0, 0.05) is 35.0 Å². The van der Waals surface area contributed by atoms with Crippen LogP contribution in [0.2, 0.25) is 5.02 Å². The maximum Gasteiger partial charge on any atom is 0.335 e. The quantitative estimate of drug-likeness (QED) is 0.521. The maximum atomic E-state index is 13.9. The predicted molar refractivity (Wildman–Crippen MR) is 99.7 cm³/mol. The molecule has 4 amide bonds. The Kier molecular flexibility index (Phi) is 5.88. The molecule has 1 aromatic heterocycles. The second kappa shape index (κ2) is 8.16. The highest BCUT2D eigenvalue weighted by Crippen LogP contribution is 2.21. The van der Waals surface area contributed by atoms with Crippen LogP contribution in [0.5, 0.6) is 0 Å². The average Bonchev–Trinajstić information content (AvgIpc) is 3.21. The van der Waals surface area contributed by atoms with E-state index in [0.29, 0.717) is 6.42 Å². The predicted octanol–water partition coefficient (Wildman–Crippen LogP) is 2.96. The Balaban J connectivity index is 1.64. The van der Waals surface area contributed by atoms with Crippen LogP contribution in [0, 0.1) is 5.82 Å². The Labute approximate surface area is 164 Å². The van der Waals surface area contributed by atoms with E-state index in [0.717, 1.165) is 14.7 Å². The third kappa shape index (κ3) is 4.18. The van der Waals surface area contributed by atoms with Crippen molar-refractivity contribution in [3.05, 3.63) is 57.0 Å². The molecule has 0 unspecified atom stereocenters. The number of carbonyl (C=O) groups is 3. The SMILES string of the molecule is CN(Cc1c(F)cccc1Cl)CN1C(=O)C(=O)N(CCc2cccs2)C1=O. The van der Waals surface area contributed by atoms with Gasteiger partial charge in [0.05, 0.1) is 6.67 Å². The Morgan fingerprint density at radius 3 is 2.52 bits per heavy atom. The lowest BCUT2D eigenvalue weighted by atomic mass is 10.2. The Morgan fingerprint density at radius 2 is 1.85 bits per heavy atom. The van der Waals surface area contributed by atoms with Gasteiger partial charge < -0.3 is 0 Å². The zero-order valence-electron chi connectivity index (χ0n) is 14.5. The van der Waals surface area contributed by atoms with Crippen LogP contribution in [0.25, 0.3) is 0 Å². The van der Waals surface area contributed by atoms with Crippen molar-refractivity contribution in [3.63, 3.8) is 0 Å². The molecule has 9 heteroatoms. The highest BCUT2D eigenvalue weighted by atomic mass is 35.5. The summed E-state index contributed by atoms with van der Waals surface area (Å²) in [7, 11) is 1.61. The molecule has 0 aliphatic carbocycles. The summed E-state index contributed by atoms with van der Waals surface area (Å²) in [4.78, 5) is 41.2. The molecule has 2 aromatic rings. The van der Waals surface area contributed by atoms with Gasteiger partial charge in [-0.15, -0.1) is 11.3 Å². The monoisotopic (exact) mass is 409 g/mol. The van der Waals surface area contributed by atoms with E-state index in [1.807, 2.05) is 17.5 Å². The standard InChI is InChI=1S/C18H17ClFN3O3S/c1-21(10-13-14(19)5-2-6-15(13)20)11-23-17(25)16(24)22(18(23)26)8-7-12-4-3-9-27-12/h2-6,9H,7-8,10-11H2,1H3. The molecule has 3 rings (SSSR count). The van der Waals surface area contributed by atoms with Crippen LogP contribution in [-0.2, 0) is 22.6 Å². The van der Waals surface area contributed by atoms with Crippen LogP contribution in [0.15, 0.2) is 35.7 Å². The second-order valence-corrected chi connectivity index (χ2v) is 7.60. The maximum absolute atomic E-state index is 13.9. The normalized spacial score (nSPS) is 14.7. The summed E-state index contributed by atoms with van der Waals surface area (Å²) in [6.07, 6.45) is 0.497. The van der Waals surface area contributed by atoms with Crippen molar-refractivity contribution in [1.29, 1.82) is 0 Å². The van der Waals surface area contributed by atoms with Crippen LogP contribution >= 0.6 is 22.9 Å². The van der Waals surface area contributed by atoms with E-state index in [4.69, 9.17) is 11.6 Å². The van der Waals surface area contributed by atoms with Gasteiger partial charge in [0.15, 0.2) is 0 Å². The van der Waals surface area contributed by atoms with E-state index < -0.39 is 23.7 Å². The fourth-order valence-corrected chi connectivity index (χ4v) is 3.71. The van der Waals surface area contributed by atoms with E-state index in [2.05, 4.69) is 0 Å². The number of rotatable bonds is 7. The van der Waals surface area contributed by atoms with Crippen molar-refractivity contribution < 1.29 is 18.8 Å². The zero-order valence-corrected chi connectivity index (χ0v) is 16.1. The van der Waals surface area contributed by atoms with Crippen LogP contribution in [-0.4, -0.2) is 52.8 Å². The van der Waals surface area contributed by atoms with Crippen molar-refractivity contribution in [3.8, 4) is 0 Å². The summed E-state index contributed by atoms with van der Waals surface area (Å²) in [5, 5.41) is 2.16.